The average molecular weight is 468 g/mol. The molecule has 1 saturated heterocycles. The van der Waals surface area contributed by atoms with E-state index in [1.165, 1.54) is 5.56 Å². The monoisotopic (exact) mass is 467 g/mol. The lowest BCUT2D eigenvalue weighted by Crippen LogP contribution is -2.50. The summed E-state index contributed by atoms with van der Waals surface area (Å²) in [6, 6.07) is 13.0. The van der Waals surface area contributed by atoms with Gasteiger partial charge in [0, 0.05) is 12.2 Å². The number of carbonyl (C=O) groups is 2. The third kappa shape index (κ3) is 7.69. The van der Waals surface area contributed by atoms with E-state index in [9.17, 15) is 9.59 Å². The van der Waals surface area contributed by atoms with Gasteiger partial charge >= 0.3 is 0 Å². The number of hydrogen-bond donors (Lipinski definition) is 4. The fourth-order valence-corrected chi connectivity index (χ4v) is 3.62. The molecule has 0 aliphatic carbocycles. The largest absolute Gasteiger partial charge is 0.384 e. The van der Waals surface area contributed by atoms with Crippen molar-refractivity contribution in [3.8, 4) is 0 Å². The summed E-state index contributed by atoms with van der Waals surface area (Å²) in [4.78, 5) is 29.1. The van der Waals surface area contributed by atoms with Gasteiger partial charge in [-0.15, -0.1) is 24.8 Å². The Labute approximate surface area is 195 Å². The van der Waals surface area contributed by atoms with E-state index >= 15 is 0 Å². The summed E-state index contributed by atoms with van der Waals surface area (Å²) in [6.45, 7) is 4.69. The number of benzene rings is 1. The third-order valence-corrected chi connectivity index (χ3v) is 5.33. The van der Waals surface area contributed by atoms with Gasteiger partial charge in [0.2, 0.25) is 11.8 Å². The van der Waals surface area contributed by atoms with Crippen molar-refractivity contribution in [2.24, 2.45) is 5.92 Å². The van der Waals surface area contributed by atoms with Gasteiger partial charge in [0.05, 0.1) is 6.04 Å². The van der Waals surface area contributed by atoms with Crippen molar-refractivity contribution in [1.29, 1.82) is 0 Å². The van der Waals surface area contributed by atoms with E-state index in [0.29, 0.717) is 18.3 Å². The molecule has 9 heteroatoms. The van der Waals surface area contributed by atoms with Crippen LogP contribution in [0.25, 0.3) is 0 Å². The molecule has 3 atom stereocenters. The van der Waals surface area contributed by atoms with E-state index in [-0.39, 0.29) is 42.7 Å². The second kappa shape index (κ2) is 12.5. The Morgan fingerprint density at radius 1 is 1.19 bits per heavy atom. The highest BCUT2D eigenvalue weighted by atomic mass is 35.5. The van der Waals surface area contributed by atoms with Crippen molar-refractivity contribution in [3.63, 3.8) is 0 Å². The highest BCUT2D eigenvalue weighted by Gasteiger charge is 2.30. The van der Waals surface area contributed by atoms with Crippen molar-refractivity contribution in [1.82, 2.24) is 20.9 Å². The van der Waals surface area contributed by atoms with Gasteiger partial charge in [-0.05, 0) is 56.3 Å². The fourth-order valence-electron chi connectivity index (χ4n) is 3.62. The Balaban J connectivity index is 0.00000240. The van der Waals surface area contributed by atoms with Crippen molar-refractivity contribution in [3.05, 3.63) is 59.3 Å². The van der Waals surface area contributed by atoms with E-state index in [0.717, 1.165) is 30.6 Å². The number of nitrogens with one attached hydrogen (secondary N) is 3. The molecule has 0 radical (unpaired) electrons. The summed E-state index contributed by atoms with van der Waals surface area (Å²) in [6.07, 6.45) is 1.72. The fraction of sp³-hybridized carbons (Fsp3) is 0.409. The Bertz CT molecular complexity index is 866. The molecular weight excluding hydrogens is 437 g/mol. The molecule has 0 unspecified atom stereocenters. The lowest BCUT2D eigenvalue weighted by Gasteiger charge is -2.17. The zero-order valence-electron chi connectivity index (χ0n) is 17.8. The topological polar surface area (TPSA) is 109 Å². The second-order valence-electron chi connectivity index (χ2n) is 7.68. The van der Waals surface area contributed by atoms with Gasteiger partial charge in [-0.25, -0.2) is 4.98 Å². The van der Waals surface area contributed by atoms with Gasteiger partial charge < -0.3 is 21.7 Å². The van der Waals surface area contributed by atoms with Gasteiger partial charge in [-0.1, -0.05) is 36.4 Å². The predicted octanol–water partition coefficient (Wildman–Crippen LogP) is 2.16. The smallest absolute Gasteiger partial charge is 0.242 e. The van der Waals surface area contributed by atoms with Crippen LogP contribution in [0.2, 0.25) is 0 Å². The molecule has 2 aromatic rings. The number of aryl methyl sites for hydroxylation is 1. The van der Waals surface area contributed by atoms with E-state index in [2.05, 4.69) is 33.1 Å². The lowest BCUT2D eigenvalue weighted by atomic mass is 9.96. The van der Waals surface area contributed by atoms with Gasteiger partial charge in [0.15, 0.2) is 0 Å². The maximum Gasteiger partial charge on any atom is 0.242 e. The van der Waals surface area contributed by atoms with E-state index in [4.69, 9.17) is 5.73 Å². The first-order valence-electron chi connectivity index (χ1n) is 9.99. The Kier molecular flexibility index (Phi) is 10.8. The normalized spacial score (nSPS) is 18.3. The molecule has 1 aromatic carbocycles. The highest BCUT2D eigenvalue weighted by Crippen LogP contribution is 2.19. The summed E-state index contributed by atoms with van der Waals surface area (Å²) in [5, 5.41) is 8.94. The number of aromatic nitrogens is 1. The van der Waals surface area contributed by atoms with Crippen LogP contribution in [0.3, 0.4) is 0 Å². The van der Waals surface area contributed by atoms with Crippen LogP contribution >= 0.6 is 24.8 Å². The van der Waals surface area contributed by atoms with Crippen LogP contribution in [-0.2, 0) is 22.6 Å². The summed E-state index contributed by atoms with van der Waals surface area (Å²) in [7, 11) is 0. The second-order valence-corrected chi connectivity index (χ2v) is 7.68. The van der Waals surface area contributed by atoms with Crippen LogP contribution in [0, 0.1) is 12.8 Å². The van der Waals surface area contributed by atoms with Crippen LogP contribution in [-0.4, -0.2) is 35.4 Å². The van der Waals surface area contributed by atoms with Crippen molar-refractivity contribution < 1.29 is 9.59 Å². The number of nitrogens with two attached hydrogens (primary N) is 1. The molecule has 0 saturated carbocycles. The van der Waals surface area contributed by atoms with Crippen LogP contribution < -0.4 is 21.7 Å². The molecule has 1 fully saturated rings. The quantitative estimate of drug-likeness (QED) is 0.498. The minimum atomic E-state index is -0.612. The summed E-state index contributed by atoms with van der Waals surface area (Å²) in [5.41, 5.74) is 8.60. The number of nitrogens with zero attached hydrogens (tertiary/aromatic N) is 1. The number of halogens is 2. The Morgan fingerprint density at radius 2 is 1.90 bits per heavy atom. The SMILES string of the molecule is Cc1nc(N)ccc1CNC(=O)[C@H](C)NC(=O)[C@@H]1C[C@@H](Cc2ccccc2)CN1.Cl.Cl. The molecule has 3 rings (SSSR count). The van der Waals surface area contributed by atoms with Crippen LogP contribution in [0.4, 0.5) is 5.82 Å². The molecule has 1 aromatic heterocycles. The number of amides is 2. The standard InChI is InChI=1S/C22H29N5O2.2ClH/c1-14-18(8-9-20(23)26-14)13-25-21(28)15(2)27-22(29)19-11-17(12-24-19)10-16-6-4-3-5-7-16;;/h3-9,15,17,19,24H,10-13H2,1-2H3,(H2,23,26)(H,25,28)(H,27,29);2*1H/t15-,17+,19-;;/m0../s1. The predicted molar refractivity (Wildman–Crippen MR) is 127 cm³/mol. The lowest BCUT2D eigenvalue weighted by molar-refractivity contribution is -0.129. The van der Waals surface area contributed by atoms with Gasteiger partial charge in [0.1, 0.15) is 11.9 Å². The summed E-state index contributed by atoms with van der Waals surface area (Å²) < 4.78 is 0. The van der Waals surface area contributed by atoms with Gasteiger partial charge in [0.25, 0.3) is 0 Å². The summed E-state index contributed by atoms with van der Waals surface area (Å²) >= 11 is 0. The number of rotatable bonds is 7. The molecule has 2 heterocycles. The van der Waals surface area contributed by atoms with Gasteiger partial charge in [-0.3, -0.25) is 9.59 Å². The first kappa shape index (κ1) is 26.7. The van der Waals surface area contributed by atoms with Crippen molar-refractivity contribution in [2.75, 3.05) is 12.3 Å². The maximum atomic E-state index is 12.5. The molecule has 5 N–H and O–H groups in total. The number of pyridine rings is 1. The number of anilines is 1. The maximum absolute atomic E-state index is 12.5. The molecule has 31 heavy (non-hydrogen) atoms. The zero-order chi connectivity index (χ0) is 20.8. The minimum Gasteiger partial charge on any atom is -0.384 e. The van der Waals surface area contributed by atoms with Crippen LogP contribution in [0.15, 0.2) is 42.5 Å². The van der Waals surface area contributed by atoms with E-state index in [1.54, 1.807) is 13.0 Å². The average Bonchev–Trinajstić information content (AvgIpc) is 3.16. The number of nitrogen functional groups attached to an aromatic ring is 1. The molecule has 0 spiro atoms. The van der Waals surface area contributed by atoms with Crippen molar-refractivity contribution >= 4 is 42.4 Å². The number of carbonyl (C=O) groups excluding carboxylic acids is 2. The first-order valence-corrected chi connectivity index (χ1v) is 9.99. The first-order chi connectivity index (χ1) is 13.9. The number of hydrogen-bond acceptors (Lipinski definition) is 5. The zero-order valence-corrected chi connectivity index (χ0v) is 19.4. The Hall–Kier alpha value is -2.35. The minimum absolute atomic E-state index is 0. The molecule has 0 bridgehead atoms. The molecule has 1 aliphatic rings. The molecule has 7 nitrogen and oxygen atoms in total. The van der Waals surface area contributed by atoms with E-state index < -0.39 is 6.04 Å². The molecule has 2 amide bonds. The van der Waals surface area contributed by atoms with Crippen molar-refractivity contribution in [2.45, 2.75) is 45.3 Å². The Morgan fingerprint density at radius 3 is 2.58 bits per heavy atom. The molecule has 170 valence electrons. The molecular formula is C22H31Cl2N5O2. The summed E-state index contributed by atoms with van der Waals surface area (Å²) in [5.74, 6) is 0.507. The van der Waals surface area contributed by atoms with Crippen LogP contribution in [0.5, 0.6) is 0 Å². The third-order valence-electron chi connectivity index (χ3n) is 5.33. The van der Waals surface area contributed by atoms with E-state index in [1.807, 2.05) is 31.2 Å². The van der Waals surface area contributed by atoms with Crippen LogP contribution in [0.1, 0.15) is 30.2 Å². The molecule has 1 aliphatic heterocycles. The highest BCUT2D eigenvalue weighted by molar-refractivity contribution is 5.89. The van der Waals surface area contributed by atoms with Gasteiger partial charge in [-0.2, -0.15) is 0 Å².